The second kappa shape index (κ2) is 6.70. The van der Waals surface area contributed by atoms with Gasteiger partial charge in [0.05, 0.1) is 11.5 Å². The zero-order valence-electron chi connectivity index (χ0n) is 10.5. The van der Waals surface area contributed by atoms with E-state index in [1.54, 1.807) is 13.0 Å². The summed E-state index contributed by atoms with van der Waals surface area (Å²) in [6.07, 6.45) is 1.29. The molecule has 106 valence electrons. The van der Waals surface area contributed by atoms with Crippen LogP contribution in [0.25, 0.3) is 0 Å². The molecule has 2 aromatic heterocycles. The number of carbonyl (C=O) groups excluding carboxylic acids is 2. The quantitative estimate of drug-likeness (QED) is 0.704. The first-order chi connectivity index (χ1) is 9.63. The van der Waals surface area contributed by atoms with Crippen molar-refractivity contribution >= 4 is 35.3 Å². The Balaban J connectivity index is 1.65. The van der Waals surface area contributed by atoms with Gasteiger partial charge >= 0.3 is 0 Å². The molecular weight excluding hydrogens is 284 g/mol. The van der Waals surface area contributed by atoms with Crippen LogP contribution in [0.4, 0.5) is 11.8 Å². The summed E-state index contributed by atoms with van der Waals surface area (Å²) in [5.74, 6) is 0.992. The van der Waals surface area contributed by atoms with Crippen molar-refractivity contribution in [3.8, 4) is 0 Å². The third-order valence-corrected chi connectivity index (χ3v) is 2.97. The van der Waals surface area contributed by atoms with E-state index in [9.17, 15) is 9.59 Å². The number of nitrogens with zero attached hydrogens (tertiary/aromatic N) is 3. The Labute approximate surface area is 117 Å². The zero-order valence-corrected chi connectivity index (χ0v) is 11.4. The second-order valence-electron chi connectivity index (χ2n) is 3.75. The molecule has 0 aliphatic heterocycles. The van der Waals surface area contributed by atoms with Crippen LogP contribution >= 0.6 is 11.8 Å². The van der Waals surface area contributed by atoms with Crippen LogP contribution < -0.4 is 10.6 Å². The number of amides is 2. The highest BCUT2D eigenvalue weighted by Crippen LogP contribution is 2.08. The van der Waals surface area contributed by atoms with Crippen molar-refractivity contribution in [1.82, 2.24) is 20.3 Å². The first kappa shape index (κ1) is 14.1. The van der Waals surface area contributed by atoms with Crippen LogP contribution in [0.1, 0.15) is 5.76 Å². The van der Waals surface area contributed by atoms with Gasteiger partial charge in [0, 0.05) is 6.07 Å². The molecule has 9 nitrogen and oxygen atoms in total. The molecule has 0 atom stereocenters. The number of rotatable bonds is 6. The Kier molecular flexibility index (Phi) is 4.71. The van der Waals surface area contributed by atoms with Gasteiger partial charge in [0.1, 0.15) is 12.1 Å². The van der Waals surface area contributed by atoms with Crippen molar-refractivity contribution in [2.45, 2.75) is 6.92 Å². The fourth-order valence-electron chi connectivity index (χ4n) is 1.27. The van der Waals surface area contributed by atoms with Crippen molar-refractivity contribution in [1.29, 1.82) is 0 Å². The SMILES string of the molecule is Cc1cc(NC(=O)CSCC(=O)Nc2ncn[nH]2)no1. The molecule has 0 aliphatic carbocycles. The Morgan fingerprint density at radius 2 is 2.10 bits per heavy atom. The number of aryl methyl sites for hydroxylation is 1. The predicted octanol–water partition coefficient (Wildman–Crippen LogP) is 0.412. The van der Waals surface area contributed by atoms with Gasteiger partial charge in [0.25, 0.3) is 0 Å². The highest BCUT2D eigenvalue weighted by atomic mass is 32.2. The summed E-state index contributed by atoms with van der Waals surface area (Å²) < 4.78 is 4.81. The topological polar surface area (TPSA) is 126 Å². The van der Waals surface area contributed by atoms with Gasteiger partial charge in [-0.2, -0.15) is 10.1 Å². The summed E-state index contributed by atoms with van der Waals surface area (Å²) in [7, 11) is 0. The lowest BCUT2D eigenvalue weighted by molar-refractivity contribution is -0.114. The van der Waals surface area contributed by atoms with E-state index in [1.807, 2.05) is 0 Å². The second-order valence-corrected chi connectivity index (χ2v) is 4.73. The standard InChI is InChI=1S/C10H12N6O3S/c1-6-2-7(16-19-6)13-8(17)3-20-4-9(18)14-10-11-5-12-15-10/h2,5H,3-4H2,1H3,(H,13,16,17)(H2,11,12,14,15,18). The third-order valence-electron chi connectivity index (χ3n) is 2.03. The lowest BCUT2D eigenvalue weighted by atomic mass is 10.5. The number of aromatic amines is 1. The molecule has 0 saturated carbocycles. The van der Waals surface area contributed by atoms with Crippen LogP contribution in [0.5, 0.6) is 0 Å². The minimum absolute atomic E-state index is 0.131. The molecule has 0 saturated heterocycles. The van der Waals surface area contributed by atoms with E-state index in [0.29, 0.717) is 11.6 Å². The molecule has 3 N–H and O–H groups in total. The molecule has 2 heterocycles. The van der Waals surface area contributed by atoms with E-state index in [-0.39, 0.29) is 29.3 Å². The van der Waals surface area contributed by atoms with E-state index in [0.717, 1.165) is 0 Å². The van der Waals surface area contributed by atoms with Crippen LogP contribution in [0, 0.1) is 6.92 Å². The van der Waals surface area contributed by atoms with Gasteiger partial charge in [-0.25, -0.2) is 5.10 Å². The minimum Gasteiger partial charge on any atom is -0.360 e. The van der Waals surface area contributed by atoms with Gasteiger partial charge in [0.15, 0.2) is 5.82 Å². The Hall–Kier alpha value is -2.36. The summed E-state index contributed by atoms with van der Waals surface area (Å²) in [6, 6.07) is 1.61. The van der Waals surface area contributed by atoms with E-state index >= 15 is 0 Å². The van der Waals surface area contributed by atoms with Crippen molar-refractivity contribution in [2.75, 3.05) is 22.1 Å². The van der Waals surface area contributed by atoms with Crippen LogP contribution in [-0.2, 0) is 9.59 Å². The first-order valence-electron chi connectivity index (χ1n) is 5.59. The molecule has 0 aliphatic rings. The monoisotopic (exact) mass is 296 g/mol. The molecule has 0 bridgehead atoms. The minimum atomic E-state index is -0.267. The molecule has 0 radical (unpaired) electrons. The fourth-order valence-corrected chi connectivity index (χ4v) is 1.89. The Bertz CT molecular complexity index is 582. The number of anilines is 2. The fraction of sp³-hybridized carbons (Fsp3) is 0.300. The van der Waals surface area contributed by atoms with Crippen LogP contribution in [0.15, 0.2) is 16.9 Å². The summed E-state index contributed by atoms with van der Waals surface area (Å²) in [5.41, 5.74) is 0. The summed E-state index contributed by atoms with van der Waals surface area (Å²) in [4.78, 5) is 26.8. The maximum atomic E-state index is 11.5. The van der Waals surface area contributed by atoms with Gasteiger partial charge in [-0.1, -0.05) is 5.16 Å². The summed E-state index contributed by atoms with van der Waals surface area (Å²) >= 11 is 1.17. The molecule has 20 heavy (non-hydrogen) atoms. The molecule has 0 aromatic carbocycles. The van der Waals surface area contributed by atoms with Gasteiger partial charge in [0.2, 0.25) is 17.8 Å². The van der Waals surface area contributed by atoms with Gasteiger partial charge in [-0.05, 0) is 6.92 Å². The summed E-state index contributed by atoms with van der Waals surface area (Å²) in [5, 5.41) is 14.8. The molecule has 0 unspecified atom stereocenters. The van der Waals surface area contributed by atoms with E-state index < -0.39 is 0 Å². The molecule has 0 fully saturated rings. The van der Waals surface area contributed by atoms with Crippen molar-refractivity contribution < 1.29 is 14.1 Å². The number of nitrogens with one attached hydrogen (secondary N) is 3. The maximum Gasteiger partial charge on any atom is 0.236 e. The van der Waals surface area contributed by atoms with Crippen molar-refractivity contribution in [2.24, 2.45) is 0 Å². The lowest BCUT2D eigenvalue weighted by Gasteiger charge is -2.02. The predicted molar refractivity (Wildman–Crippen MR) is 72.2 cm³/mol. The number of hydrogen-bond donors (Lipinski definition) is 3. The van der Waals surface area contributed by atoms with E-state index in [4.69, 9.17) is 4.52 Å². The average molecular weight is 296 g/mol. The highest BCUT2D eigenvalue weighted by molar-refractivity contribution is 8.00. The Morgan fingerprint density at radius 1 is 1.35 bits per heavy atom. The molecule has 2 aromatic rings. The molecule has 10 heteroatoms. The van der Waals surface area contributed by atoms with Crippen molar-refractivity contribution in [3.63, 3.8) is 0 Å². The number of H-pyrrole nitrogens is 1. The Morgan fingerprint density at radius 3 is 2.70 bits per heavy atom. The highest BCUT2D eigenvalue weighted by Gasteiger charge is 2.09. The first-order valence-corrected chi connectivity index (χ1v) is 6.75. The van der Waals surface area contributed by atoms with Crippen LogP contribution in [0.3, 0.4) is 0 Å². The lowest BCUT2D eigenvalue weighted by Crippen LogP contribution is -2.19. The number of thioether (sulfide) groups is 1. The van der Waals surface area contributed by atoms with Gasteiger partial charge in [-0.15, -0.1) is 11.8 Å². The third kappa shape index (κ3) is 4.39. The largest absolute Gasteiger partial charge is 0.360 e. The van der Waals surface area contributed by atoms with E-state index in [1.165, 1.54) is 18.1 Å². The van der Waals surface area contributed by atoms with E-state index in [2.05, 4.69) is 31.0 Å². The van der Waals surface area contributed by atoms with Gasteiger partial charge < -0.3 is 9.84 Å². The molecule has 0 spiro atoms. The number of hydrogen-bond acceptors (Lipinski definition) is 7. The molecular formula is C10H12N6O3S. The maximum absolute atomic E-state index is 11.5. The normalized spacial score (nSPS) is 10.2. The summed E-state index contributed by atoms with van der Waals surface area (Å²) in [6.45, 7) is 1.73. The van der Waals surface area contributed by atoms with Crippen molar-refractivity contribution in [3.05, 3.63) is 18.2 Å². The van der Waals surface area contributed by atoms with Crippen LogP contribution in [0.2, 0.25) is 0 Å². The molecule has 2 rings (SSSR count). The smallest absolute Gasteiger partial charge is 0.236 e. The molecule has 2 amide bonds. The van der Waals surface area contributed by atoms with Crippen LogP contribution in [-0.4, -0.2) is 43.7 Å². The average Bonchev–Trinajstić information content (AvgIpc) is 3.01. The zero-order chi connectivity index (χ0) is 14.4. The number of aromatic nitrogens is 4. The van der Waals surface area contributed by atoms with Gasteiger partial charge in [-0.3, -0.25) is 14.9 Å². The number of carbonyl (C=O) groups is 2.